The first-order chi connectivity index (χ1) is 12.6. The fourth-order valence-corrected chi connectivity index (χ4v) is 2.69. The number of pyridine rings is 1. The molecule has 5 heteroatoms. The van der Waals surface area contributed by atoms with Crippen LogP contribution in [0.4, 0.5) is 0 Å². The Hall–Kier alpha value is -3.34. The van der Waals surface area contributed by atoms with Crippen molar-refractivity contribution >= 4 is 16.9 Å². The fraction of sp³-hybridized carbons (Fsp3) is 0.143. The molecule has 2 aromatic carbocycles. The third-order valence-corrected chi connectivity index (χ3v) is 3.98. The first kappa shape index (κ1) is 17.5. The van der Waals surface area contributed by atoms with Gasteiger partial charge in [-0.05, 0) is 17.7 Å². The third-order valence-electron chi connectivity index (χ3n) is 3.98. The highest BCUT2D eigenvalue weighted by Crippen LogP contribution is 2.11. The Bertz CT molecular complexity index is 909. The molecule has 1 aliphatic heterocycles. The van der Waals surface area contributed by atoms with Gasteiger partial charge in [-0.25, -0.2) is 9.78 Å². The molecule has 5 nitrogen and oxygen atoms in total. The summed E-state index contributed by atoms with van der Waals surface area (Å²) in [6, 6.07) is 21.2. The van der Waals surface area contributed by atoms with Gasteiger partial charge in [0.1, 0.15) is 5.69 Å². The number of nitrogens with zero attached hydrogens (tertiary/aromatic N) is 3. The number of aromatic nitrogens is 1. The average Bonchev–Trinajstić information content (AvgIpc) is 3.07. The lowest BCUT2D eigenvalue weighted by Crippen LogP contribution is -2.21. The zero-order valence-corrected chi connectivity index (χ0v) is 14.6. The van der Waals surface area contributed by atoms with Crippen LogP contribution in [0, 0.1) is 0 Å². The van der Waals surface area contributed by atoms with Gasteiger partial charge < -0.3 is 14.9 Å². The number of carbonyl (C=O) groups is 1. The van der Waals surface area contributed by atoms with Gasteiger partial charge in [0.25, 0.3) is 0 Å². The number of carboxylic acid groups (broad SMARTS) is 1. The van der Waals surface area contributed by atoms with Crippen molar-refractivity contribution in [2.24, 2.45) is 0 Å². The molecule has 132 valence electrons. The molecule has 1 N–H and O–H groups in total. The Morgan fingerprint density at radius 2 is 1.73 bits per heavy atom. The van der Waals surface area contributed by atoms with E-state index in [2.05, 4.69) is 64.6 Å². The van der Waals surface area contributed by atoms with Crippen molar-refractivity contribution in [2.75, 3.05) is 13.7 Å². The van der Waals surface area contributed by atoms with Crippen LogP contribution in [0.3, 0.4) is 0 Å². The predicted octanol–water partition coefficient (Wildman–Crippen LogP) is 3.80. The molecule has 1 aromatic heterocycles. The number of fused-ring (bicyclic) bond motifs is 1. The molecule has 3 aromatic rings. The summed E-state index contributed by atoms with van der Waals surface area (Å²) < 4.78 is 0. The van der Waals surface area contributed by atoms with Crippen LogP contribution in [0.2, 0.25) is 0 Å². The van der Waals surface area contributed by atoms with Gasteiger partial charge >= 0.3 is 5.97 Å². The zero-order valence-electron chi connectivity index (χ0n) is 14.6. The number of carboxylic acids is 1. The molecule has 26 heavy (non-hydrogen) atoms. The number of aromatic carboxylic acids is 1. The molecule has 2 heterocycles. The molecule has 0 fully saturated rings. The van der Waals surface area contributed by atoms with Gasteiger partial charge in [0.05, 0.1) is 12.2 Å². The maximum atomic E-state index is 10.6. The highest BCUT2D eigenvalue weighted by Gasteiger charge is 2.07. The van der Waals surface area contributed by atoms with E-state index in [1.54, 1.807) is 12.1 Å². The Labute approximate surface area is 152 Å². The molecule has 1 aliphatic rings. The summed E-state index contributed by atoms with van der Waals surface area (Å²) in [5.41, 5.74) is 2.16. The zero-order chi connectivity index (χ0) is 18.4. The van der Waals surface area contributed by atoms with Crippen LogP contribution in [0.1, 0.15) is 16.1 Å². The fourth-order valence-electron chi connectivity index (χ4n) is 2.69. The van der Waals surface area contributed by atoms with Crippen molar-refractivity contribution in [3.8, 4) is 0 Å². The summed E-state index contributed by atoms with van der Waals surface area (Å²) in [5, 5.41) is 9.63. The largest absolute Gasteiger partial charge is 0.477 e. The van der Waals surface area contributed by atoms with Gasteiger partial charge in [0.15, 0.2) is 0 Å². The number of rotatable bonds is 3. The molecular weight excluding hydrogens is 326 g/mol. The maximum absolute atomic E-state index is 10.6. The minimum absolute atomic E-state index is 0.0821. The summed E-state index contributed by atoms with van der Waals surface area (Å²) in [4.78, 5) is 19.0. The van der Waals surface area contributed by atoms with E-state index in [4.69, 9.17) is 5.11 Å². The SMILES string of the molecule is CN1C=CN(Cc2ccccc2)C1.O=C(O)c1ccc2ccccc2n1. The second-order valence-corrected chi connectivity index (χ2v) is 6.12. The number of hydrogen-bond acceptors (Lipinski definition) is 4. The molecule has 0 saturated carbocycles. The van der Waals surface area contributed by atoms with Crippen LogP contribution in [0.15, 0.2) is 79.1 Å². The van der Waals surface area contributed by atoms with Crippen LogP contribution >= 0.6 is 0 Å². The van der Waals surface area contributed by atoms with Crippen molar-refractivity contribution in [1.82, 2.24) is 14.8 Å². The van der Waals surface area contributed by atoms with E-state index >= 15 is 0 Å². The smallest absolute Gasteiger partial charge is 0.354 e. The third kappa shape index (κ3) is 4.60. The second kappa shape index (κ2) is 8.16. The molecule has 4 rings (SSSR count). The molecule has 0 bridgehead atoms. The van der Waals surface area contributed by atoms with E-state index in [0.29, 0.717) is 5.52 Å². The minimum Gasteiger partial charge on any atom is -0.477 e. The maximum Gasteiger partial charge on any atom is 0.354 e. The Kier molecular flexibility index (Phi) is 5.49. The predicted molar refractivity (Wildman–Crippen MR) is 102 cm³/mol. The lowest BCUT2D eigenvalue weighted by atomic mass is 10.2. The summed E-state index contributed by atoms with van der Waals surface area (Å²) in [6.45, 7) is 2.00. The van der Waals surface area contributed by atoms with Crippen molar-refractivity contribution < 1.29 is 9.90 Å². The normalized spacial score (nSPS) is 12.8. The van der Waals surface area contributed by atoms with E-state index in [9.17, 15) is 4.79 Å². The number of hydrogen-bond donors (Lipinski definition) is 1. The average molecular weight is 347 g/mol. The summed E-state index contributed by atoms with van der Waals surface area (Å²) in [7, 11) is 2.08. The molecule has 0 amide bonds. The van der Waals surface area contributed by atoms with Gasteiger partial charge in [-0.3, -0.25) is 0 Å². The summed E-state index contributed by atoms with van der Waals surface area (Å²) >= 11 is 0. The molecule has 0 saturated heterocycles. The minimum atomic E-state index is -0.995. The Morgan fingerprint density at radius 1 is 1.00 bits per heavy atom. The highest BCUT2D eigenvalue weighted by molar-refractivity contribution is 5.89. The van der Waals surface area contributed by atoms with E-state index in [0.717, 1.165) is 18.6 Å². The molecule has 0 atom stereocenters. The van der Waals surface area contributed by atoms with Crippen LogP contribution in [0.25, 0.3) is 10.9 Å². The molecule has 0 aliphatic carbocycles. The first-order valence-electron chi connectivity index (χ1n) is 8.37. The van der Waals surface area contributed by atoms with Gasteiger partial charge in [0, 0.05) is 31.4 Å². The standard InChI is InChI=1S/C11H14N2.C10H7NO2/c1-12-7-8-13(10-12)9-11-5-3-2-4-6-11;12-10(13)9-6-5-7-3-1-2-4-8(7)11-9/h2-8H,9-10H2,1H3;1-6H,(H,12,13). The van der Waals surface area contributed by atoms with Crippen LogP contribution in [-0.2, 0) is 6.54 Å². The van der Waals surface area contributed by atoms with Crippen molar-refractivity contribution in [3.05, 3.63) is 90.4 Å². The number of para-hydroxylation sites is 1. The molecule has 0 unspecified atom stereocenters. The van der Waals surface area contributed by atoms with Crippen LogP contribution < -0.4 is 0 Å². The molecule has 0 spiro atoms. The lowest BCUT2D eigenvalue weighted by molar-refractivity contribution is 0.0691. The van der Waals surface area contributed by atoms with E-state index < -0.39 is 5.97 Å². The van der Waals surface area contributed by atoms with Gasteiger partial charge in [-0.2, -0.15) is 0 Å². The molecular formula is C21H21N3O2. The van der Waals surface area contributed by atoms with Gasteiger partial charge in [-0.15, -0.1) is 0 Å². The summed E-state index contributed by atoms with van der Waals surface area (Å²) in [5.74, 6) is -0.995. The van der Waals surface area contributed by atoms with Crippen LogP contribution in [0.5, 0.6) is 0 Å². The highest BCUT2D eigenvalue weighted by atomic mass is 16.4. The Balaban J connectivity index is 0.000000151. The topological polar surface area (TPSA) is 56.7 Å². The quantitative estimate of drug-likeness (QED) is 0.781. The second-order valence-electron chi connectivity index (χ2n) is 6.12. The monoisotopic (exact) mass is 347 g/mol. The lowest BCUT2D eigenvalue weighted by Gasteiger charge is -2.17. The van der Waals surface area contributed by atoms with Crippen molar-refractivity contribution in [3.63, 3.8) is 0 Å². The summed E-state index contributed by atoms with van der Waals surface area (Å²) in [6.07, 6.45) is 4.23. The van der Waals surface area contributed by atoms with Crippen molar-refractivity contribution in [2.45, 2.75) is 6.54 Å². The van der Waals surface area contributed by atoms with Gasteiger partial charge in [0.2, 0.25) is 0 Å². The van der Waals surface area contributed by atoms with Crippen LogP contribution in [-0.4, -0.2) is 39.6 Å². The molecule has 0 radical (unpaired) electrons. The Morgan fingerprint density at radius 3 is 2.42 bits per heavy atom. The van der Waals surface area contributed by atoms with Gasteiger partial charge in [-0.1, -0.05) is 54.6 Å². The number of benzene rings is 2. The van der Waals surface area contributed by atoms with Crippen molar-refractivity contribution in [1.29, 1.82) is 0 Å². The first-order valence-corrected chi connectivity index (χ1v) is 8.37. The van der Waals surface area contributed by atoms with E-state index in [-0.39, 0.29) is 5.69 Å². The van der Waals surface area contributed by atoms with E-state index in [1.165, 1.54) is 11.6 Å². The van der Waals surface area contributed by atoms with E-state index in [1.807, 2.05) is 18.2 Å².